The lowest BCUT2D eigenvalue weighted by Gasteiger charge is -2.15. The molecule has 0 aromatic heterocycles. The molecule has 4 heteroatoms. The van der Waals surface area contributed by atoms with E-state index < -0.39 is 0 Å². The molecule has 2 unspecified atom stereocenters. The van der Waals surface area contributed by atoms with Gasteiger partial charge >= 0.3 is 0 Å². The smallest absolute Gasteiger partial charge is 0.188 e. The third kappa shape index (κ3) is 2.00. The summed E-state index contributed by atoms with van der Waals surface area (Å²) in [4.78, 5) is 4.46. The third-order valence-corrected chi connectivity index (χ3v) is 3.37. The molecule has 3 rings (SSSR count). The summed E-state index contributed by atoms with van der Waals surface area (Å²) in [5.74, 6) is 1.55. The van der Waals surface area contributed by atoms with Gasteiger partial charge in [-0.1, -0.05) is 18.2 Å². The number of phenols is 1. The first-order valence-corrected chi connectivity index (χ1v) is 6.04. The molecule has 0 aliphatic carbocycles. The van der Waals surface area contributed by atoms with E-state index in [0.717, 1.165) is 31.0 Å². The van der Waals surface area contributed by atoms with Crippen LogP contribution in [0.2, 0.25) is 0 Å². The Hall–Kier alpha value is -1.55. The molecule has 4 nitrogen and oxygen atoms in total. The predicted octanol–water partition coefficient (Wildman–Crippen LogP) is 1.47. The summed E-state index contributed by atoms with van der Waals surface area (Å²) in [5.41, 5.74) is 0.831. The summed E-state index contributed by atoms with van der Waals surface area (Å²) >= 11 is 0. The van der Waals surface area contributed by atoms with E-state index in [9.17, 15) is 5.11 Å². The second kappa shape index (κ2) is 4.37. The first kappa shape index (κ1) is 10.6. The second-order valence-corrected chi connectivity index (χ2v) is 4.53. The Morgan fingerprint density at radius 1 is 1.35 bits per heavy atom. The highest BCUT2D eigenvalue weighted by Gasteiger charge is 2.30. The second-order valence-electron chi connectivity index (χ2n) is 4.53. The molecular formula is C13H16N2O2. The maximum absolute atomic E-state index is 9.78. The van der Waals surface area contributed by atoms with Crippen LogP contribution >= 0.6 is 0 Å². The van der Waals surface area contributed by atoms with Crippen LogP contribution in [0.4, 0.5) is 0 Å². The van der Waals surface area contributed by atoms with Crippen LogP contribution in [0.15, 0.2) is 29.3 Å². The van der Waals surface area contributed by atoms with Crippen molar-refractivity contribution < 1.29 is 9.84 Å². The first-order chi connectivity index (χ1) is 8.34. The van der Waals surface area contributed by atoms with Crippen molar-refractivity contribution in [2.24, 2.45) is 10.9 Å². The molecule has 2 aliphatic rings. The number of rotatable bonds is 2. The van der Waals surface area contributed by atoms with Crippen molar-refractivity contribution in [3.63, 3.8) is 0 Å². The Kier molecular flexibility index (Phi) is 2.73. The van der Waals surface area contributed by atoms with Gasteiger partial charge in [-0.2, -0.15) is 0 Å². The number of phenolic OH excluding ortho intramolecular Hbond substituents is 1. The van der Waals surface area contributed by atoms with Crippen LogP contribution in [-0.4, -0.2) is 30.6 Å². The fourth-order valence-corrected chi connectivity index (χ4v) is 2.41. The summed E-state index contributed by atoms with van der Waals surface area (Å²) in [7, 11) is 0. The van der Waals surface area contributed by atoms with Gasteiger partial charge in [-0.25, -0.2) is 0 Å². The van der Waals surface area contributed by atoms with Crippen LogP contribution in [0.5, 0.6) is 5.75 Å². The number of nitrogens with one attached hydrogen (secondary N) is 1. The lowest BCUT2D eigenvalue weighted by molar-refractivity contribution is 0.211. The van der Waals surface area contributed by atoms with Crippen LogP contribution < -0.4 is 5.32 Å². The molecule has 0 saturated carbocycles. The van der Waals surface area contributed by atoms with E-state index in [0.29, 0.717) is 18.2 Å². The zero-order chi connectivity index (χ0) is 11.7. The van der Waals surface area contributed by atoms with E-state index in [1.54, 1.807) is 6.07 Å². The van der Waals surface area contributed by atoms with Crippen molar-refractivity contribution in [1.82, 2.24) is 5.32 Å². The van der Waals surface area contributed by atoms with Gasteiger partial charge in [-0.05, 0) is 19.0 Å². The van der Waals surface area contributed by atoms with E-state index >= 15 is 0 Å². The predicted molar refractivity (Wildman–Crippen MR) is 65.2 cm³/mol. The van der Waals surface area contributed by atoms with Gasteiger partial charge in [0, 0.05) is 18.0 Å². The molecule has 2 heterocycles. The topological polar surface area (TPSA) is 53.9 Å². The maximum Gasteiger partial charge on any atom is 0.188 e. The van der Waals surface area contributed by atoms with E-state index in [1.165, 1.54) is 0 Å². The van der Waals surface area contributed by atoms with Crippen LogP contribution in [0.3, 0.4) is 0 Å². The van der Waals surface area contributed by atoms with Gasteiger partial charge in [-0.15, -0.1) is 0 Å². The Morgan fingerprint density at radius 3 is 3.00 bits per heavy atom. The molecule has 1 saturated heterocycles. The molecule has 1 aromatic rings. The highest BCUT2D eigenvalue weighted by atomic mass is 16.5. The minimum absolute atomic E-state index is 0.119. The molecule has 0 radical (unpaired) electrons. The zero-order valence-electron chi connectivity index (χ0n) is 9.60. The van der Waals surface area contributed by atoms with Gasteiger partial charge in [-0.3, -0.25) is 4.99 Å². The van der Waals surface area contributed by atoms with Crippen molar-refractivity contribution >= 4 is 5.90 Å². The fourth-order valence-electron chi connectivity index (χ4n) is 2.41. The molecule has 90 valence electrons. The van der Waals surface area contributed by atoms with Gasteiger partial charge < -0.3 is 15.2 Å². The minimum atomic E-state index is -0.119. The molecule has 0 amide bonds. The minimum Gasteiger partial charge on any atom is -0.508 e. The standard InChI is InChI=1S/C13H16N2O2/c16-11-4-2-1-3-10(11)12-8-15-13(17-12)9-5-6-14-7-9/h1-4,9,12,14,16H,5-8H2. The number of benzene rings is 1. The molecule has 1 fully saturated rings. The van der Waals surface area contributed by atoms with Gasteiger partial charge in [0.2, 0.25) is 0 Å². The van der Waals surface area contributed by atoms with Crippen molar-refractivity contribution in [1.29, 1.82) is 0 Å². The largest absolute Gasteiger partial charge is 0.508 e. The summed E-state index contributed by atoms with van der Waals surface area (Å²) in [6.07, 6.45) is 0.971. The normalized spacial score (nSPS) is 27.9. The van der Waals surface area contributed by atoms with Crippen molar-refractivity contribution in [3.8, 4) is 5.75 Å². The molecule has 0 bridgehead atoms. The summed E-state index contributed by atoms with van der Waals surface area (Å²) < 4.78 is 5.86. The summed E-state index contributed by atoms with van der Waals surface area (Å²) in [5, 5.41) is 13.1. The number of nitrogens with zero attached hydrogens (tertiary/aromatic N) is 1. The summed E-state index contributed by atoms with van der Waals surface area (Å²) in [6, 6.07) is 7.31. The third-order valence-electron chi connectivity index (χ3n) is 3.37. The van der Waals surface area contributed by atoms with Crippen LogP contribution in [0.1, 0.15) is 18.1 Å². The molecule has 2 N–H and O–H groups in total. The summed E-state index contributed by atoms with van der Waals surface area (Å²) in [6.45, 7) is 2.60. The molecular weight excluding hydrogens is 216 g/mol. The quantitative estimate of drug-likeness (QED) is 0.812. The van der Waals surface area contributed by atoms with Gasteiger partial charge in [0.15, 0.2) is 5.90 Å². The van der Waals surface area contributed by atoms with Crippen molar-refractivity contribution in [3.05, 3.63) is 29.8 Å². The fraction of sp³-hybridized carbons (Fsp3) is 0.462. The van der Waals surface area contributed by atoms with E-state index in [1.807, 2.05) is 18.2 Å². The number of aliphatic imine (C=N–C) groups is 1. The number of hydrogen-bond acceptors (Lipinski definition) is 4. The number of aromatic hydroxyl groups is 1. The van der Waals surface area contributed by atoms with E-state index in [4.69, 9.17) is 4.74 Å². The van der Waals surface area contributed by atoms with Crippen LogP contribution in [0.25, 0.3) is 0 Å². The number of para-hydroxylation sites is 1. The van der Waals surface area contributed by atoms with Crippen LogP contribution in [-0.2, 0) is 4.74 Å². The lowest BCUT2D eigenvalue weighted by Crippen LogP contribution is -2.18. The molecule has 1 aromatic carbocycles. The van der Waals surface area contributed by atoms with Crippen molar-refractivity contribution in [2.45, 2.75) is 12.5 Å². The Bertz CT molecular complexity index is 439. The number of ether oxygens (including phenoxy) is 1. The monoisotopic (exact) mass is 232 g/mol. The molecule has 17 heavy (non-hydrogen) atoms. The Balaban J connectivity index is 1.72. The Morgan fingerprint density at radius 2 is 2.24 bits per heavy atom. The van der Waals surface area contributed by atoms with Crippen molar-refractivity contribution in [2.75, 3.05) is 19.6 Å². The first-order valence-electron chi connectivity index (χ1n) is 6.04. The molecule has 2 atom stereocenters. The van der Waals surface area contributed by atoms with E-state index in [2.05, 4.69) is 10.3 Å². The average Bonchev–Trinajstić information content (AvgIpc) is 3.00. The van der Waals surface area contributed by atoms with E-state index in [-0.39, 0.29) is 6.10 Å². The Labute approximate surface area is 100 Å². The number of hydrogen-bond donors (Lipinski definition) is 2. The SMILES string of the molecule is Oc1ccccc1C1CN=C(C2CCNC2)O1. The highest BCUT2D eigenvalue weighted by Crippen LogP contribution is 2.31. The van der Waals surface area contributed by atoms with Crippen LogP contribution in [0, 0.1) is 5.92 Å². The zero-order valence-corrected chi connectivity index (χ0v) is 9.60. The van der Waals surface area contributed by atoms with Gasteiger partial charge in [0.05, 0.1) is 6.54 Å². The van der Waals surface area contributed by atoms with Gasteiger partial charge in [0.1, 0.15) is 11.9 Å². The lowest BCUT2D eigenvalue weighted by atomic mass is 10.1. The van der Waals surface area contributed by atoms with Gasteiger partial charge in [0.25, 0.3) is 0 Å². The molecule has 0 spiro atoms. The molecule has 2 aliphatic heterocycles. The highest BCUT2D eigenvalue weighted by molar-refractivity contribution is 5.81. The maximum atomic E-state index is 9.78. The average molecular weight is 232 g/mol.